The lowest BCUT2D eigenvalue weighted by molar-refractivity contribution is 0.142. The molecule has 2 aliphatic carbocycles. The third kappa shape index (κ3) is 1.99. The average Bonchev–Trinajstić information content (AvgIpc) is 3.09. The smallest absolute Gasteiger partial charge is 0.130 e. The molecular formula is C18H19N3O. The Kier molecular flexibility index (Phi) is 3.12. The van der Waals surface area contributed by atoms with Gasteiger partial charge in [0, 0.05) is 29.9 Å². The lowest BCUT2D eigenvalue weighted by Gasteiger charge is -2.16. The fourth-order valence-corrected chi connectivity index (χ4v) is 3.33. The minimum Gasteiger partial charge on any atom is -0.377 e. The zero-order valence-corrected chi connectivity index (χ0v) is 12.8. The highest BCUT2D eigenvalue weighted by molar-refractivity contribution is 5.80. The number of rotatable bonds is 3. The summed E-state index contributed by atoms with van der Waals surface area (Å²) in [7, 11) is 1.74. The van der Waals surface area contributed by atoms with Crippen molar-refractivity contribution in [2.75, 3.05) is 12.4 Å². The van der Waals surface area contributed by atoms with Crippen LogP contribution in [-0.2, 0) is 4.74 Å². The first-order chi connectivity index (χ1) is 10.8. The van der Waals surface area contributed by atoms with Gasteiger partial charge in [-0.3, -0.25) is 5.10 Å². The van der Waals surface area contributed by atoms with Crippen molar-refractivity contribution in [3.8, 4) is 11.3 Å². The second-order valence-corrected chi connectivity index (χ2v) is 5.82. The number of aromatic amines is 1. The van der Waals surface area contributed by atoms with Gasteiger partial charge in [-0.15, -0.1) is 0 Å². The van der Waals surface area contributed by atoms with E-state index in [0.29, 0.717) is 5.92 Å². The van der Waals surface area contributed by atoms with Crippen molar-refractivity contribution in [2.24, 2.45) is 0 Å². The molecule has 0 radical (unpaired) electrons. The monoisotopic (exact) mass is 293 g/mol. The Labute approximate surface area is 129 Å². The maximum absolute atomic E-state index is 5.33. The molecule has 0 bridgehead atoms. The van der Waals surface area contributed by atoms with Crippen molar-refractivity contribution in [1.29, 1.82) is 0 Å². The molecule has 0 saturated heterocycles. The number of fused-ring (bicyclic) bond motifs is 3. The van der Waals surface area contributed by atoms with Crippen LogP contribution in [0.1, 0.15) is 30.4 Å². The van der Waals surface area contributed by atoms with Crippen LogP contribution in [0, 0.1) is 0 Å². The van der Waals surface area contributed by atoms with E-state index in [1.54, 1.807) is 7.11 Å². The number of hydrogen-bond acceptors (Lipinski definition) is 3. The summed E-state index contributed by atoms with van der Waals surface area (Å²) in [5.74, 6) is 1.35. The number of aromatic nitrogens is 2. The van der Waals surface area contributed by atoms with Crippen LogP contribution in [0.2, 0.25) is 0 Å². The van der Waals surface area contributed by atoms with Gasteiger partial charge in [-0.05, 0) is 18.1 Å². The summed E-state index contributed by atoms with van der Waals surface area (Å²) in [5, 5.41) is 11.1. The Balaban J connectivity index is 1.63. The lowest BCUT2D eigenvalue weighted by atomic mass is 10.00. The SMILES string of the molecule is COC1C=CC(Nc2[nH]nc3c2C(C)c2ccccc2-3)=CC1. The summed E-state index contributed by atoms with van der Waals surface area (Å²) in [6, 6.07) is 8.49. The number of nitrogens with one attached hydrogen (secondary N) is 2. The molecule has 0 aliphatic heterocycles. The molecule has 0 fully saturated rings. The van der Waals surface area contributed by atoms with E-state index in [4.69, 9.17) is 4.74 Å². The van der Waals surface area contributed by atoms with Gasteiger partial charge in [0.25, 0.3) is 0 Å². The molecule has 4 heteroatoms. The van der Waals surface area contributed by atoms with E-state index >= 15 is 0 Å². The van der Waals surface area contributed by atoms with Gasteiger partial charge in [0.1, 0.15) is 5.82 Å². The molecule has 0 amide bonds. The van der Waals surface area contributed by atoms with Gasteiger partial charge in [0.2, 0.25) is 0 Å². The largest absolute Gasteiger partial charge is 0.377 e. The maximum atomic E-state index is 5.33. The summed E-state index contributed by atoms with van der Waals surface area (Å²) in [4.78, 5) is 0. The molecule has 2 unspecified atom stereocenters. The Bertz CT molecular complexity index is 772. The van der Waals surface area contributed by atoms with Crippen molar-refractivity contribution in [1.82, 2.24) is 10.2 Å². The van der Waals surface area contributed by atoms with E-state index in [-0.39, 0.29) is 6.10 Å². The van der Waals surface area contributed by atoms with Crippen molar-refractivity contribution < 1.29 is 4.74 Å². The van der Waals surface area contributed by atoms with Crippen LogP contribution >= 0.6 is 0 Å². The van der Waals surface area contributed by atoms with Crippen LogP contribution in [0.5, 0.6) is 0 Å². The molecule has 0 spiro atoms. The van der Waals surface area contributed by atoms with Gasteiger partial charge in [-0.25, -0.2) is 0 Å². The normalized spacial score (nSPS) is 22.2. The molecule has 1 aromatic heterocycles. The van der Waals surface area contributed by atoms with E-state index in [1.165, 1.54) is 16.7 Å². The molecule has 4 rings (SSSR count). The highest BCUT2D eigenvalue weighted by atomic mass is 16.5. The molecule has 0 saturated carbocycles. The van der Waals surface area contributed by atoms with Gasteiger partial charge in [-0.2, -0.15) is 5.10 Å². The molecule has 2 N–H and O–H groups in total. The minimum atomic E-state index is 0.182. The second kappa shape index (κ2) is 5.14. The first-order valence-corrected chi connectivity index (χ1v) is 7.63. The van der Waals surface area contributed by atoms with Crippen LogP contribution in [0.3, 0.4) is 0 Å². The van der Waals surface area contributed by atoms with Gasteiger partial charge in [-0.1, -0.05) is 43.3 Å². The standard InChI is InChI=1S/C18H19N3O/c1-11-14-5-3-4-6-15(14)17-16(11)18(21-20-17)19-12-7-9-13(22-2)10-8-12/h3-9,11,13H,10H2,1-2H3,(H2,19,20,21). The maximum Gasteiger partial charge on any atom is 0.130 e. The number of benzene rings is 1. The molecule has 112 valence electrons. The number of hydrogen-bond donors (Lipinski definition) is 2. The Morgan fingerprint density at radius 1 is 1.32 bits per heavy atom. The van der Waals surface area contributed by atoms with E-state index in [1.807, 2.05) is 0 Å². The molecule has 22 heavy (non-hydrogen) atoms. The first kappa shape index (κ1) is 13.3. The molecular weight excluding hydrogens is 274 g/mol. The number of anilines is 1. The fraction of sp³-hybridized carbons (Fsp3) is 0.278. The molecule has 1 heterocycles. The fourth-order valence-electron chi connectivity index (χ4n) is 3.33. The number of allylic oxidation sites excluding steroid dienone is 1. The van der Waals surface area contributed by atoms with Crippen molar-refractivity contribution in [3.05, 3.63) is 59.3 Å². The Hall–Kier alpha value is -2.33. The molecule has 4 nitrogen and oxygen atoms in total. The summed E-state index contributed by atoms with van der Waals surface area (Å²) in [6.45, 7) is 2.23. The number of ether oxygens (including phenoxy) is 1. The van der Waals surface area contributed by atoms with Crippen LogP contribution < -0.4 is 5.32 Å². The van der Waals surface area contributed by atoms with Crippen molar-refractivity contribution in [3.63, 3.8) is 0 Å². The third-order valence-corrected chi connectivity index (χ3v) is 4.55. The van der Waals surface area contributed by atoms with E-state index in [9.17, 15) is 0 Å². The van der Waals surface area contributed by atoms with Crippen molar-refractivity contribution in [2.45, 2.75) is 25.4 Å². The molecule has 2 aromatic rings. The predicted octanol–water partition coefficient (Wildman–Crippen LogP) is 3.81. The van der Waals surface area contributed by atoms with Gasteiger partial charge < -0.3 is 10.1 Å². The zero-order valence-electron chi connectivity index (χ0n) is 12.8. The van der Waals surface area contributed by atoms with Crippen LogP contribution in [0.15, 0.2) is 48.2 Å². The molecule has 1 aromatic carbocycles. The zero-order chi connectivity index (χ0) is 15.1. The predicted molar refractivity (Wildman–Crippen MR) is 87.8 cm³/mol. The average molecular weight is 293 g/mol. The first-order valence-electron chi connectivity index (χ1n) is 7.63. The Morgan fingerprint density at radius 3 is 2.95 bits per heavy atom. The minimum absolute atomic E-state index is 0.182. The summed E-state index contributed by atoms with van der Waals surface area (Å²) >= 11 is 0. The van der Waals surface area contributed by atoms with E-state index in [2.05, 4.69) is 64.9 Å². The number of H-pyrrole nitrogens is 1. The van der Waals surface area contributed by atoms with E-state index in [0.717, 1.165) is 23.6 Å². The highest BCUT2D eigenvalue weighted by Crippen LogP contribution is 2.46. The van der Waals surface area contributed by atoms with Crippen molar-refractivity contribution >= 4 is 5.82 Å². The van der Waals surface area contributed by atoms with Gasteiger partial charge >= 0.3 is 0 Å². The summed E-state index contributed by atoms with van der Waals surface area (Å²) in [5.41, 5.74) is 6.00. The topological polar surface area (TPSA) is 49.9 Å². The summed E-state index contributed by atoms with van der Waals surface area (Å²) in [6.07, 6.45) is 7.38. The number of methoxy groups -OCH3 is 1. The van der Waals surface area contributed by atoms with Crippen LogP contribution in [0.4, 0.5) is 5.82 Å². The third-order valence-electron chi connectivity index (χ3n) is 4.55. The Morgan fingerprint density at radius 2 is 2.18 bits per heavy atom. The molecule has 2 aliphatic rings. The van der Waals surface area contributed by atoms with Gasteiger partial charge in [0.05, 0.1) is 11.8 Å². The molecule has 2 atom stereocenters. The number of nitrogens with zero attached hydrogens (tertiary/aromatic N) is 1. The highest BCUT2D eigenvalue weighted by Gasteiger charge is 2.30. The summed E-state index contributed by atoms with van der Waals surface area (Å²) < 4.78 is 5.33. The van der Waals surface area contributed by atoms with Gasteiger partial charge in [0.15, 0.2) is 0 Å². The quantitative estimate of drug-likeness (QED) is 0.904. The van der Waals surface area contributed by atoms with E-state index < -0.39 is 0 Å². The lowest BCUT2D eigenvalue weighted by Crippen LogP contribution is -2.11. The van der Waals surface area contributed by atoms with Crippen LogP contribution in [0.25, 0.3) is 11.3 Å². The second-order valence-electron chi connectivity index (χ2n) is 5.82. The van der Waals surface area contributed by atoms with Crippen LogP contribution in [-0.4, -0.2) is 23.4 Å².